The Kier molecular flexibility index (Phi) is 8.58. The summed E-state index contributed by atoms with van der Waals surface area (Å²) in [5.74, 6) is 2.41. The molecule has 6 rings (SSSR count). The maximum absolute atomic E-state index is 12.8. The number of methoxy groups -OCH3 is 2. The molecule has 8 bridgehead atoms. The number of aromatic nitrogens is 2. The van der Waals surface area contributed by atoms with E-state index in [2.05, 4.69) is 50.7 Å². The highest BCUT2D eigenvalue weighted by molar-refractivity contribution is 5.78. The van der Waals surface area contributed by atoms with Crippen LogP contribution >= 0.6 is 0 Å². The third kappa shape index (κ3) is 6.85. The zero-order valence-corrected chi connectivity index (χ0v) is 23.1. The number of anilines is 2. The van der Waals surface area contributed by atoms with Crippen LogP contribution in [0.25, 0.3) is 11.3 Å². The van der Waals surface area contributed by atoms with Gasteiger partial charge in [0.1, 0.15) is 11.5 Å². The number of hydrogen-bond acceptors (Lipinski definition) is 8. The minimum absolute atomic E-state index is 0.0794. The first-order chi connectivity index (χ1) is 19.0. The molecule has 39 heavy (non-hydrogen) atoms. The van der Waals surface area contributed by atoms with Gasteiger partial charge in [-0.3, -0.25) is 9.69 Å². The Morgan fingerprint density at radius 3 is 2.62 bits per heavy atom. The van der Waals surface area contributed by atoms with Crippen molar-refractivity contribution >= 4 is 17.5 Å². The number of nitrogens with one attached hydrogen (secondary N) is 2. The smallest absolute Gasteiger partial charge is 0.227 e. The Morgan fingerprint density at radius 1 is 0.974 bits per heavy atom. The summed E-state index contributed by atoms with van der Waals surface area (Å²) in [4.78, 5) is 26.8. The lowest BCUT2D eigenvalue weighted by atomic mass is 9.95. The van der Waals surface area contributed by atoms with Crippen LogP contribution in [0.5, 0.6) is 11.5 Å². The molecule has 2 N–H and O–H groups in total. The van der Waals surface area contributed by atoms with Crippen LogP contribution in [0.15, 0.2) is 48.7 Å². The number of fused-ring (bicyclic) bond motifs is 8. The second-order valence-corrected chi connectivity index (χ2v) is 10.4. The fourth-order valence-electron chi connectivity index (χ4n) is 5.40. The molecule has 0 atom stereocenters. The van der Waals surface area contributed by atoms with Crippen molar-refractivity contribution in [2.75, 3.05) is 52.8 Å². The first-order valence-electron chi connectivity index (χ1n) is 13.6. The van der Waals surface area contributed by atoms with E-state index in [9.17, 15) is 4.79 Å². The average Bonchev–Trinajstić information content (AvgIpc) is 2.95. The predicted molar refractivity (Wildman–Crippen MR) is 152 cm³/mol. The van der Waals surface area contributed by atoms with Crippen LogP contribution < -0.4 is 20.1 Å². The molecule has 0 aliphatic carbocycles. The van der Waals surface area contributed by atoms with Crippen molar-refractivity contribution in [2.45, 2.75) is 32.4 Å². The minimum atomic E-state index is 0.0794. The van der Waals surface area contributed by atoms with Gasteiger partial charge in [0, 0.05) is 54.6 Å². The van der Waals surface area contributed by atoms with Gasteiger partial charge in [-0.05, 0) is 87.9 Å². The van der Waals surface area contributed by atoms with Crippen molar-refractivity contribution in [2.24, 2.45) is 5.92 Å². The summed E-state index contributed by atoms with van der Waals surface area (Å²) in [6.07, 6.45) is 4.41. The molecule has 0 spiro atoms. The van der Waals surface area contributed by atoms with Crippen LogP contribution in [-0.2, 0) is 17.9 Å². The van der Waals surface area contributed by atoms with E-state index in [1.54, 1.807) is 20.4 Å². The molecule has 9 nitrogen and oxygen atoms in total. The highest BCUT2D eigenvalue weighted by atomic mass is 16.5. The van der Waals surface area contributed by atoms with Crippen molar-refractivity contribution in [3.63, 3.8) is 0 Å². The van der Waals surface area contributed by atoms with Gasteiger partial charge in [-0.1, -0.05) is 0 Å². The van der Waals surface area contributed by atoms with Crippen molar-refractivity contribution in [3.8, 4) is 22.8 Å². The molecule has 2 aromatic carbocycles. The summed E-state index contributed by atoms with van der Waals surface area (Å²) in [5.41, 5.74) is 4.92. The molecule has 3 aliphatic heterocycles. The molecule has 3 aliphatic rings. The van der Waals surface area contributed by atoms with Gasteiger partial charge in [0.25, 0.3) is 0 Å². The van der Waals surface area contributed by atoms with Gasteiger partial charge in [0.15, 0.2) is 0 Å². The first kappa shape index (κ1) is 26.9. The van der Waals surface area contributed by atoms with E-state index in [0.29, 0.717) is 12.5 Å². The van der Waals surface area contributed by atoms with Crippen LogP contribution in [-0.4, -0.2) is 73.1 Å². The Bertz CT molecular complexity index is 1290. The van der Waals surface area contributed by atoms with Crippen LogP contribution in [0.3, 0.4) is 0 Å². The zero-order valence-electron chi connectivity index (χ0n) is 23.1. The molecule has 1 fully saturated rings. The Balaban J connectivity index is 1.46. The zero-order chi connectivity index (χ0) is 27.2. The topological polar surface area (TPSA) is 91.8 Å². The fraction of sp³-hybridized carbons (Fsp3) is 0.433. The summed E-state index contributed by atoms with van der Waals surface area (Å²) in [6.45, 7) is 4.87. The number of piperidine rings is 1. The van der Waals surface area contributed by atoms with Gasteiger partial charge in [-0.25, -0.2) is 9.97 Å². The lowest BCUT2D eigenvalue weighted by Crippen LogP contribution is -2.40. The first-order valence-corrected chi connectivity index (χ1v) is 13.6. The van der Waals surface area contributed by atoms with Gasteiger partial charge in [-0.15, -0.1) is 0 Å². The van der Waals surface area contributed by atoms with E-state index in [4.69, 9.17) is 14.5 Å². The van der Waals surface area contributed by atoms with Crippen molar-refractivity contribution in [1.29, 1.82) is 0 Å². The molecule has 4 heterocycles. The van der Waals surface area contributed by atoms with E-state index in [0.717, 1.165) is 91.6 Å². The van der Waals surface area contributed by atoms with Crippen LogP contribution in [0.4, 0.5) is 11.6 Å². The van der Waals surface area contributed by atoms with Gasteiger partial charge in [0.2, 0.25) is 11.9 Å². The number of ether oxygens (including phenoxy) is 2. The fourth-order valence-corrected chi connectivity index (χ4v) is 5.40. The normalized spacial score (nSPS) is 20.6. The maximum atomic E-state index is 12.8. The molecule has 0 saturated carbocycles. The van der Waals surface area contributed by atoms with Crippen molar-refractivity contribution in [3.05, 3.63) is 59.8 Å². The van der Waals surface area contributed by atoms with E-state index < -0.39 is 0 Å². The summed E-state index contributed by atoms with van der Waals surface area (Å²) in [7, 11) is 5.47. The van der Waals surface area contributed by atoms with Crippen LogP contribution in [0.1, 0.15) is 30.4 Å². The second-order valence-electron chi connectivity index (χ2n) is 10.4. The number of carbonyl (C=O) groups is 1. The lowest BCUT2D eigenvalue weighted by Gasteiger charge is -2.31. The third-order valence-electron chi connectivity index (χ3n) is 7.51. The summed E-state index contributed by atoms with van der Waals surface area (Å²) in [5, 5.41) is 6.55. The number of benzene rings is 2. The van der Waals surface area contributed by atoms with Crippen molar-refractivity contribution in [1.82, 2.24) is 25.1 Å². The molecule has 0 unspecified atom stereocenters. The van der Waals surface area contributed by atoms with Crippen LogP contribution in [0.2, 0.25) is 0 Å². The van der Waals surface area contributed by atoms with Crippen molar-refractivity contribution < 1.29 is 14.3 Å². The minimum Gasteiger partial charge on any atom is -0.497 e. The van der Waals surface area contributed by atoms with E-state index >= 15 is 0 Å². The molecule has 1 saturated heterocycles. The van der Waals surface area contributed by atoms with Crippen LogP contribution in [0, 0.1) is 5.92 Å². The summed E-state index contributed by atoms with van der Waals surface area (Å²) in [6, 6.07) is 14.2. The standard InChI is InChI=1S/C30H38N6O3/c1-35-12-4-10-31-29(37)22-8-13-36(14-9-22)19-21-15-25(18-26(16-21)38-2)33-30-32-11-7-27(34-30)23-5-6-28(39-3)24(17-23)20-35/h5-7,11,15-18,22H,4,8-10,12-14,19-20H2,1-3H3,(H,31,37)(H,32,33,34). The van der Waals surface area contributed by atoms with Gasteiger partial charge >= 0.3 is 0 Å². The average molecular weight is 531 g/mol. The maximum Gasteiger partial charge on any atom is 0.227 e. The number of rotatable bonds is 2. The Labute approximate surface area is 230 Å². The quantitative estimate of drug-likeness (QED) is 0.513. The molecular formula is C30H38N6O3. The molecule has 1 amide bonds. The molecule has 9 heteroatoms. The molecular weight excluding hydrogens is 492 g/mol. The highest BCUT2D eigenvalue weighted by Crippen LogP contribution is 2.29. The summed E-state index contributed by atoms with van der Waals surface area (Å²) >= 11 is 0. The molecule has 206 valence electrons. The van der Waals surface area contributed by atoms with Gasteiger partial charge in [-0.2, -0.15) is 0 Å². The molecule has 0 radical (unpaired) electrons. The number of carbonyl (C=O) groups excluding carboxylic acids is 1. The SMILES string of the molecule is COc1cc2cc(c1)Nc1nccc(n1)-c1ccc(OC)c(c1)CN(C)CCCNC(=O)C1CCN(CC1)C2. The third-order valence-corrected chi connectivity index (χ3v) is 7.51. The molecule has 3 aromatic rings. The number of amides is 1. The Hall–Kier alpha value is -3.69. The lowest BCUT2D eigenvalue weighted by molar-refractivity contribution is -0.126. The summed E-state index contributed by atoms with van der Waals surface area (Å²) < 4.78 is 11.3. The molecule has 1 aromatic heterocycles. The van der Waals surface area contributed by atoms with E-state index in [1.807, 2.05) is 24.3 Å². The largest absolute Gasteiger partial charge is 0.497 e. The predicted octanol–water partition coefficient (Wildman–Crippen LogP) is 4.07. The second kappa shape index (κ2) is 12.4. The van der Waals surface area contributed by atoms with E-state index in [-0.39, 0.29) is 11.8 Å². The Morgan fingerprint density at radius 2 is 1.82 bits per heavy atom. The highest BCUT2D eigenvalue weighted by Gasteiger charge is 2.25. The number of nitrogens with zero attached hydrogens (tertiary/aromatic N) is 4. The monoisotopic (exact) mass is 530 g/mol. The van der Waals surface area contributed by atoms with Gasteiger partial charge < -0.3 is 25.0 Å². The van der Waals surface area contributed by atoms with Gasteiger partial charge in [0.05, 0.1) is 19.9 Å². The van der Waals surface area contributed by atoms with E-state index in [1.165, 1.54) is 0 Å². The number of hydrogen-bond donors (Lipinski definition) is 2.